The van der Waals surface area contributed by atoms with Gasteiger partial charge in [0.1, 0.15) is 0 Å². The number of carbonyl (C=O) groups is 1. The number of aromatic nitrogens is 1. The molecule has 1 fully saturated rings. The molecule has 1 aromatic heterocycles. The highest BCUT2D eigenvalue weighted by Gasteiger charge is 2.37. The van der Waals surface area contributed by atoms with Gasteiger partial charge in [-0.05, 0) is 51.3 Å². The Morgan fingerprint density at radius 3 is 2.63 bits per heavy atom. The molecule has 0 spiro atoms. The van der Waals surface area contributed by atoms with Crippen molar-refractivity contribution in [1.82, 2.24) is 15.6 Å². The molecule has 1 aromatic carbocycles. The van der Waals surface area contributed by atoms with E-state index in [0.29, 0.717) is 6.04 Å². The summed E-state index contributed by atoms with van der Waals surface area (Å²) in [6.07, 6.45) is 4.43. The predicted octanol–water partition coefficient (Wildman–Crippen LogP) is 4.75. The summed E-state index contributed by atoms with van der Waals surface area (Å²) >= 11 is 1.72. The zero-order chi connectivity index (χ0) is 17.9. The van der Waals surface area contributed by atoms with Crippen LogP contribution >= 0.6 is 36.2 Å². The van der Waals surface area contributed by atoms with Gasteiger partial charge in [-0.25, -0.2) is 4.98 Å². The highest BCUT2D eigenvalue weighted by atomic mass is 35.5. The zero-order valence-corrected chi connectivity index (χ0v) is 18.7. The minimum Gasteiger partial charge on any atom is -0.353 e. The number of nitrogens with one attached hydrogen (secondary N) is 2. The molecule has 2 heterocycles. The number of thiazole rings is 1. The third-order valence-corrected chi connectivity index (χ3v) is 6.66. The van der Waals surface area contributed by atoms with Crippen molar-refractivity contribution in [3.05, 3.63) is 29.3 Å². The number of hydrogen-bond donors (Lipinski definition) is 2. The van der Waals surface area contributed by atoms with Crippen molar-refractivity contribution in [2.45, 2.75) is 65.0 Å². The van der Waals surface area contributed by atoms with Gasteiger partial charge in [0.05, 0.1) is 20.6 Å². The number of benzene rings is 1. The summed E-state index contributed by atoms with van der Waals surface area (Å²) in [5.74, 6) is 0.204. The van der Waals surface area contributed by atoms with Crippen molar-refractivity contribution in [2.24, 2.45) is 5.41 Å². The molecule has 1 amide bonds. The molecule has 1 saturated heterocycles. The van der Waals surface area contributed by atoms with E-state index < -0.39 is 0 Å². The van der Waals surface area contributed by atoms with E-state index in [-0.39, 0.29) is 42.2 Å². The number of halogens is 2. The minimum absolute atomic E-state index is 0. The fourth-order valence-corrected chi connectivity index (χ4v) is 4.90. The van der Waals surface area contributed by atoms with E-state index in [9.17, 15) is 4.79 Å². The first-order chi connectivity index (χ1) is 12.1. The van der Waals surface area contributed by atoms with Crippen molar-refractivity contribution in [3.8, 4) is 0 Å². The van der Waals surface area contributed by atoms with Gasteiger partial charge < -0.3 is 10.6 Å². The van der Waals surface area contributed by atoms with Gasteiger partial charge in [0.2, 0.25) is 5.91 Å². The Bertz CT molecular complexity index is 700. The summed E-state index contributed by atoms with van der Waals surface area (Å²) in [6, 6.07) is 8.97. The van der Waals surface area contributed by atoms with Gasteiger partial charge in [-0.3, -0.25) is 4.79 Å². The fraction of sp³-hybridized carbons (Fsp3) is 0.600. The van der Waals surface area contributed by atoms with Crippen LogP contribution in [0.2, 0.25) is 0 Å². The third-order valence-electron chi connectivity index (χ3n) is 5.62. The van der Waals surface area contributed by atoms with Gasteiger partial charge in [-0.15, -0.1) is 36.2 Å². The molecule has 0 radical (unpaired) electrons. The molecular weight excluding hydrogens is 401 g/mol. The van der Waals surface area contributed by atoms with Gasteiger partial charge in [0.25, 0.3) is 0 Å². The summed E-state index contributed by atoms with van der Waals surface area (Å²) < 4.78 is 1.20. The number of amides is 1. The van der Waals surface area contributed by atoms with E-state index in [4.69, 9.17) is 4.98 Å². The van der Waals surface area contributed by atoms with Gasteiger partial charge in [0, 0.05) is 18.5 Å². The van der Waals surface area contributed by atoms with Crippen LogP contribution in [0, 0.1) is 5.41 Å². The first kappa shape index (κ1) is 24.2. The highest BCUT2D eigenvalue weighted by Crippen LogP contribution is 2.34. The lowest BCUT2D eigenvalue weighted by molar-refractivity contribution is -0.132. The summed E-state index contributed by atoms with van der Waals surface area (Å²) in [6.45, 7) is 7.42. The second-order valence-electron chi connectivity index (χ2n) is 7.29. The molecule has 2 atom stereocenters. The summed E-state index contributed by atoms with van der Waals surface area (Å²) in [5.41, 5.74) is 0.679. The third kappa shape index (κ3) is 5.57. The van der Waals surface area contributed by atoms with Gasteiger partial charge in [-0.1, -0.05) is 26.0 Å². The molecule has 152 valence electrons. The summed E-state index contributed by atoms with van der Waals surface area (Å²) in [5, 5.41) is 7.86. The number of piperidine rings is 1. The van der Waals surface area contributed by atoms with E-state index in [0.717, 1.165) is 49.2 Å². The van der Waals surface area contributed by atoms with Crippen LogP contribution in [0.15, 0.2) is 24.3 Å². The van der Waals surface area contributed by atoms with Crippen LogP contribution in [-0.4, -0.2) is 29.5 Å². The molecule has 0 saturated carbocycles. The van der Waals surface area contributed by atoms with Crippen molar-refractivity contribution in [2.75, 3.05) is 6.54 Å². The Hall–Kier alpha value is -0.880. The second-order valence-corrected chi connectivity index (χ2v) is 8.40. The number of carbonyl (C=O) groups excluding carboxylic acids is 1. The first-order valence-electron chi connectivity index (χ1n) is 9.45. The molecule has 2 unspecified atom stereocenters. The second kappa shape index (κ2) is 10.6. The maximum absolute atomic E-state index is 13.2. The Balaban J connectivity index is 0.00000182. The fourth-order valence-electron chi connectivity index (χ4n) is 3.79. The van der Waals surface area contributed by atoms with Crippen molar-refractivity contribution >= 4 is 52.3 Å². The predicted molar refractivity (Wildman–Crippen MR) is 119 cm³/mol. The van der Waals surface area contributed by atoms with Gasteiger partial charge in [0.15, 0.2) is 0 Å². The maximum atomic E-state index is 13.2. The number of para-hydroxylation sites is 1. The average molecular weight is 432 g/mol. The molecule has 0 aliphatic carbocycles. The molecule has 27 heavy (non-hydrogen) atoms. The molecule has 3 rings (SSSR count). The SMILES string of the molecule is CCC(CC)(Cc1nc2ccccc2s1)C(=O)NC1CCNC(C)C1.Cl.Cl. The van der Waals surface area contributed by atoms with Gasteiger partial charge >= 0.3 is 0 Å². The van der Waals surface area contributed by atoms with Crippen LogP contribution in [0.3, 0.4) is 0 Å². The van der Waals surface area contributed by atoms with E-state index in [2.05, 4.69) is 37.5 Å². The minimum atomic E-state index is -0.359. The van der Waals surface area contributed by atoms with Crippen LogP contribution in [0.4, 0.5) is 0 Å². The zero-order valence-electron chi connectivity index (χ0n) is 16.3. The topological polar surface area (TPSA) is 54.0 Å². The molecule has 2 aromatic rings. The lowest BCUT2D eigenvalue weighted by Gasteiger charge is -2.34. The Morgan fingerprint density at radius 2 is 2.00 bits per heavy atom. The molecule has 4 nitrogen and oxygen atoms in total. The van der Waals surface area contributed by atoms with Crippen LogP contribution in [-0.2, 0) is 11.2 Å². The van der Waals surface area contributed by atoms with Crippen molar-refractivity contribution in [1.29, 1.82) is 0 Å². The quantitative estimate of drug-likeness (QED) is 0.693. The van der Waals surface area contributed by atoms with Crippen molar-refractivity contribution < 1.29 is 4.79 Å². The van der Waals surface area contributed by atoms with E-state index in [1.807, 2.05) is 18.2 Å². The molecule has 7 heteroatoms. The lowest BCUT2D eigenvalue weighted by Crippen LogP contribution is -2.51. The van der Waals surface area contributed by atoms with E-state index in [1.54, 1.807) is 11.3 Å². The van der Waals surface area contributed by atoms with Crippen molar-refractivity contribution in [3.63, 3.8) is 0 Å². The van der Waals surface area contributed by atoms with Crippen LogP contribution in [0.5, 0.6) is 0 Å². The molecular formula is C20H31Cl2N3OS. The van der Waals surface area contributed by atoms with Crippen LogP contribution in [0.1, 0.15) is 51.5 Å². The highest BCUT2D eigenvalue weighted by molar-refractivity contribution is 7.18. The monoisotopic (exact) mass is 431 g/mol. The van der Waals surface area contributed by atoms with E-state index in [1.165, 1.54) is 4.70 Å². The smallest absolute Gasteiger partial charge is 0.226 e. The van der Waals surface area contributed by atoms with Crippen LogP contribution in [0.25, 0.3) is 10.2 Å². The normalized spacial score (nSPS) is 19.8. The largest absolute Gasteiger partial charge is 0.353 e. The van der Waals surface area contributed by atoms with E-state index >= 15 is 0 Å². The number of fused-ring (bicyclic) bond motifs is 1. The number of rotatable bonds is 6. The van der Waals surface area contributed by atoms with Crippen LogP contribution < -0.4 is 10.6 Å². The number of nitrogens with zero attached hydrogens (tertiary/aromatic N) is 1. The summed E-state index contributed by atoms with van der Waals surface area (Å²) in [4.78, 5) is 17.9. The van der Waals surface area contributed by atoms with Gasteiger partial charge in [-0.2, -0.15) is 0 Å². The Kier molecular flexibility index (Phi) is 9.49. The number of hydrogen-bond acceptors (Lipinski definition) is 4. The molecule has 1 aliphatic heterocycles. The standard InChI is InChI=1S/C20H29N3OS.2ClH/c1-4-20(5-2,19(24)22-15-10-11-21-14(3)12-15)13-18-23-16-8-6-7-9-17(16)25-18;;/h6-9,14-15,21H,4-5,10-13H2,1-3H3,(H,22,24);2*1H. The Labute approximate surface area is 178 Å². The molecule has 0 bridgehead atoms. The Morgan fingerprint density at radius 1 is 1.30 bits per heavy atom. The first-order valence-corrected chi connectivity index (χ1v) is 10.3. The summed E-state index contributed by atoms with van der Waals surface area (Å²) in [7, 11) is 0. The molecule has 1 aliphatic rings. The lowest BCUT2D eigenvalue weighted by atomic mass is 9.78. The molecule has 2 N–H and O–H groups in total. The average Bonchev–Trinajstić information content (AvgIpc) is 3.02. The maximum Gasteiger partial charge on any atom is 0.226 e.